The summed E-state index contributed by atoms with van der Waals surface area (Å²) < 4.78 is 1.70. The Bertz CT molecular complexity index is 1540. The second-order valence-electron chi connectivity index (χ2n) is 7.17. The van der Waals surface area contributed by atoms with Gasteiger partial charge in [-0.05, 0) is 24.3 Å². The molecule has 0 aliphatic rings. The van der Waals surface area contributed by atoms with E-state index in [9.17, 15) is 4.79 Å². The molecule has 5 rings (SSSR count). The fraction of sp³-hybridized carbons (Fsp3) is 0.0833. The van der Waals surface area contributed by atoms with E-state index in [0.717, 1.165) is 22.8 Å². The number of nitrogens with one attached hydrogen (secondary N) is 1. The van der Waals surface area contributed by atoms with Crippen LogP contribution in [0.15, 0.2) is 71.8 Å². The molecule has 0 bridgehead atoms. The number of hydrogen-bond donors (Lipinski definition) is 3. The van der Waals surface area contributed by atoms with Crippen LogP contribution in [0.25, 0.3) is 27.8 Å². The number of rotatable bonds is 3. The third kappa shape index (κ3) is 4.31. The second-order valence-corrected chi connectivity index (χ2v) is 7.17. The fourth-order valence-electron chi connectivity index (χ4n) is 3.48. The Kier molecular flexibility index (Phi) is 6.27. The van der Waals surface area contributed by atoms with Crippen LogP contribution < -0.4 is 17.0 Å². The summed E-state index contributed by atoms with van der Waals surface area (Å²) >= 11 is 0. The molecular weight excluding hydrogens is 430 g/mol. The quantitative estimate of drug-likeness (QED) is 0.376. The zero-order valence-corrected chi connectivity index (χ0v) is 18.3. The molecule has 10 heteroatoms. The number of aromatic amines is 1. The highest BCUT2D eigenvalue weighted by Gasteiger charge is 2.15. The molecule has 0 saturated carbocycles. The van der Waals surface area contributed by atoms with Crippen molar-refractivity contribution in [3.8, 4) is 23.0 Å². The van der Waals surface area contributed by atoms with Gasteiger partial charge in [-0.1, -0.05) is 37.3 Å². The first-order valence-corrected chi connectivity index (χ1v) is 10.4. The van der Waals surface area contributed by atoms with Gasteiger partial charge in [0.15, 0.2) is 0 Å². The topological polar surface area (TPSA) is 165 Å². The van der Waals surface area contributed by atoms with E-state index in [1.165, 1.54) is 6.20 Å². The number of nitriles is 1. The van der Waals surface area contributed by atoms with Crippen LogP contribution >= 0.6 is 0 Å². The molecule has 0 radical (unpaired) electrons. The fourth-order valence-corrected chi connectivity index (χ4v) is 3.48. The van der Waals surface area contributed by atoms with Crippen LogP contribution in [0.1, 0.15) is 18.3 Å². The molecule has 0 spiro atoms. The Morgan fingerprint density at radius 2 is 1.85 bits per heavy atom. The highest BCUT2D eigenvalue weighted by atomic mass is 16.1. The van der Waals surface area contributed by atoms with Crippen LogP contribution in [0.3, 0.4) is 0 Å². The van der Waals surface area contributed by atoms with Gasteiger partial charge in [-0.3, -0.25) is 14.5 Å². The Balaban J connectivity index is 0.000000231. The summed E-state index contributed by atoms with van der Waals surface area (Å²) in [6.07, 6.45) is 3.64. The van der Waals surface area contributed by atoms with Gasteiger partial charge in [-0.25, -0.2) is 9.97 Å². The normalized spacial score (nSPS) is 10.4. The molecule has 3 aromatic heterocycles. The lowest BCUT2D eigenvalue weighted by atomic mass is 10.1. The molecule has 168 valence electrons. The molecule has 0 fully saturated rings. The second kappa shape index (κ2) is 9.62. The van der Waals surface area contributed by atoms with E-state index in [1.807, 2.05) is 67.6 Å². The SMILES string of the molecule is CCc1nc2cccc(-c3ccn[nH]3)c2c(=O)n1-c1ccccc1.N#Cc1cnc(N)nc1N. The van der Waals surface area contributed by atoms with E-state index >= 15 is 0 Å². The van der Waals surface area contributed by atoms with Crippen molar-refractivity contribution in [2.75, 3.05) is 11.5 Å². The smallest absolute Gasteiger partial charge is 0.266 e. The average Bonchev–Trinajstić information content (AvgIpc) is 3.39. The number of fused-ring (bicyclic) bond motifs is 1. The summed E-state index contributed by atoms with van der Waals surface area (Å²) in [7, 11) is 0. The van der Waals surface area contributed by atoms with Gasteiger partial charge in [0.2, 0.25) is 5.95 Å². The van der Waals surface area contributed by atoms with Gasteiger partial charge in [-0.2, -0.15) is 15.3 Å². The lowest BCUT2D eigenvalue weighted by molar-refractivity contribution is 0.833. The molecule has 0 amide bonds. The minimum atomic E-state index is -0.0618. The maximum atomic E-state index is 13.3. The third-order valence-electron chi connectivity index (χ3n) is 5.05. The van der Waals surface area contributed by atoms with Gasteiger partial charge in [-0.15, -0.1) is 0 Å². The van der Waals surface area contributed by atoms with E-state index in [2.05, 4.69) is 20.2 Å². The number of benzene rings is 2. The Morgan fingerprint density at radius 1 is 1.06 bits per heavy atom. The summed E-state index contributed by atoms with van der Waals surface area (Å²) in [5.41, 5.74) is 13.8. The Hall–Kier alpha value is -5.04. The van der Waals surface area contributed by atoms with E-state index in [0.29, 0.717) is 17.3 Å². The molecular formula is C24H21N9O. The van der Waals surface area contributed by atoms with Crippen LogP contribution in [0, 0.1) is 11.3 Å². The first kappa shape index (κ1) is 22.2. The first-order valence-electron chi connectivity index (χ1n) is 10.4. The molecule has 34 heavy (non-hydrogen) atoms. The van der Waals surface area contributed by atoms with Gasteiger partial charge in [0, 0.05) is 18.2 Å². The van der Waals surface area contributed by atoms with Gasteiger partial charge in [0.25, 0.3) is 5.56 Å². The Morgan fingerprint density at radius 3 is 2.50 bits per heavy atom. The molecule has 3 heterocycles. The van der Waals surface area contributed by atoms with Gasteiger partial charge in [0.1, 0.15) is 23.3 Å². The summed E-state index contributed by atoms with van der Waals surface area (Å²) in [4.78, 5) is 25.2. The van der Waals surface area contributed by atoms with Crippen molar-refractivity contribution in [2.45, 2.75) is 13.3 Å². The standard InChI is InChI=1S/C19H16N4O.C5H5N5/c1-2-17-21-16-10-6-9-14(15-11-12-20-22-15)18(16)19(24)23(17)13-7-4-3-5-8-13;6-1-3-2-9-5(8)10-4(3)7/h3-12H,2H2,1H3,(H,20,22);2H,(H4,7,8,9,10). The molecule has 0 aliphatic heterocycles. The number of para-hydroxylation sites is 1. The molecule has 0 unspecified atom stereocenters. The molecule has 0 saturated heterocycles. The van der Waals surface area contributed by atoms with Crippen LogP contribution in [0.5, 0.6) is 0 Å². The number of hydrogen-bond acceptors (Lipinski definition) is 8. The number of nitrogens with two attached hydrogens (primary N) is 2. The van der Waals surface area contributed by atoms with Gasteiger partial charge < -0.3 is 11.5 Å². The number of nitrogens with zero attached hydrogens (tertiary/aromatic N) is 6. The number of aryl methyl sites for hydroxylation is 1. The van der Waals surface area contributed by atoms with E-state index in [-0.39, 0.29) is 22.9 Å². The number of aromatic nitrogens is 6. The highest BCUT2D eigenvalue weighted by molar-refractivity contribution is 5.93. The predicted octanol–water partition coefficient (Wildman–Crippen LogP) is 2.85. The Labute approximate surface area is 194 Å². The van der Waals surface area contributed by atoms with Gasteiger partial charge >= 0.3 is 0 Å². The summed E-state index contributed by atoms with van der Waals surface area (Å²) in [5.74, 6) is 0.951. The van der Waals surface area contributed by atoms with Crippen molar-refractivity contribution < 1.29 is 0 Å². The molecule has 0 aliphatic carbocycles. The zero-order valence-electron chi connectivity index (χ0n) is 18.3. The number of H-pyrrole nitrogens is 1. The van der Waals surface area contributed by atoms with Crippen LogP contribution in [-0.4, -0.2) is 29.7 Å². The molecule has 5 N–H and O–H groups in total. The number of anilines is 2. The number of nitrogen functional groups attached to an aromatic ring is 2. The summed E-state index contributed by atoms with van der Waals surface area (Å²) in [6.45, 7) is 2.01. The molecule has 0 atom stereocenters. The van der Waals surface area contributed by atoms with Gasteiger partial charge in [0.05, 0.1) is 28.5 Å². The minimum Gasteiger partial charge on any atom is -0.382 e. The highest BCUT2D eigenvalue weighted by Crippen LogP contribution is 2.24. The largest absolute Gasteiger partial charge is 0.382 e. The zero-order chi connectivity index (χ0) is 24.1. The molecule has 2 aromatic carbocycles. The van der Waals surface area contributed by atoms with Crippen LogP contribution in [0.2, 0.25) is 0 Å². The molecule has 5 aromatic rings. The van der Waals surface area contributed by atoms with E-state index in [4.69, 9.17) is 21.7 Å². The van der Waals surface area contributed by atoms with Crippen molar-refractivity contribution in [1.82, 2.24) is 29.7 Å². The minimum absolute atomic E-state index is 0.0618. The lowest BCUT2D eigenvalue weighted by Gasteiger charge is -2.13. The van der Waals surface area contributed by atoms with Crippen molar-refractivity contribution in [3.63, 3.8) is 0 Å². The van der Waals surface area contributed by atoms with Crippen molar-refractivity contribution >= 4 is 22.7 Å². The predicted molar refractivity (Wildman–Crippen MR) is 130 cm³/mol. The van der Waals surface area contributed by atoms with Crippen molar-refractivity contribution in [3.05, 3.63) is 88.7 Å². The van der Waals surface area contributed by atoms with Crippen molar-refractivity contribution in [2.24, 2.45) is 0 Å². The summed E-state index contributed by atoms with van der Waals surface area (Å²) in [5, 5.41) is 15.9. The van der Waals surface area contributed by atoms with Crippen LogP contribution in [0.4, 0.5) is 11.8 Å². The first-order chi connectivity index (χ1) is 16.5. The van der Waals surface area contributed by atoms with E-state index in [1.54, 1.807) is 10.8 Å². The maximum absolute atomic E-state index is 13.3. The summed E-state index contributed by atoms with van der Waals surface area (Å²) in [6, 6.07) is 19.0. The lowest BCUT2D eigenvalue weighted by Crippen LogP contribution is -2.24. The van der Waals surface area contributed by atoms with Crippen molar-refractivity contribution in [1.29, 1.82) is 5.26 Å². The maximum Gasteiger partial charge on any atom is 0.266 e. The van der Waals surface area contributed by atoms with Crippen LogP contribution in [-0.2, 0) is 6.42 Å². The third-order valence-corrected chi connectivity index (χ3v) is 5.05. The average molecular weight is 451 g/mol. The monoisotopic (exact) mass is 451 g/mol. The molecule has 10 nitrogen and oxygen atoms in total. The van der Waals surface area contributed by atoms with E-state index < -0.39 is 0 Å².